The molecule has 2 rings (SSSR count). The Morgan fingerprint density at radius 2 is 2.20 bits per heavy atom. The molecule has 1 amide bonds. The van der Waals surface area contributed by atoms with E-state index in [-0.39, 0.29) is 12.5 Å². The summed E-state index contributed by atoms with van der Waals surface area (Å²) in [6.07, 6.45) is 0.492. The number of hydrogen-bond acceptors (Lipinski definition) is 3. The van der Waals surface area contributed by atoms with E-state index < -0.39 is 11.4 Å². The maximum Gasteiger partial charge on any atom is 0.311 e. The minimum absolute atomic E-state index is 0.118. The third kappa shape index (κ3) is 2.82. The van der Waals surface area contributed by atoms with Gasteiger partial charge < -0.3 is 14.7 Å². The van der Waals surface area contributed by atoms with Crippen molar-refractivity contribution in [3.05, 3.63) is 35.4 Å². The summed E-state index contributed by atoms with van der Waals surface area (Å²) in [4.78, 5) is 25.2. The van der Waals surface area contributed by atoms with Crippen LogP contribution < -0.4 is 0 Å². The molecule has 1 aromatic carbocycles. The van der Waals surface area contributed by atoms with Gasteiger partial charge in [0.05, 0.1) is 12.0 Å². The number of hydrogen-bond donors (Lipinski definition) is 1. The molecular formula is C15H19NO4. The Kier molecular flexibility index (Phi) is 4.09. The van der Waals surface area contributed by atoms with Gasteiger partial charge in [-0.2, -0.15) is 0 Å². The second-order valence-corrected chi connectivity index (χ2v) is 5.48. The standard InChI is InChI=1S/C15H19NO4/c1-15(14(18)19)6-7-16(10-15)13(17)12-5-3-4-11(8-12)9-20-2/h3-5,8H,6-7,9-10H2,1-2H3,(H,18,19)/t15-/m1/s1. The lowest BCUT2D eigenvalue weighted by Crippen LogP contribution is -2.34. The molecular weight excluding hydrogens is 258 g/mol. The predicted octanol–water partition coefficient (Wildman–Crippen LogP) is 1.77. The second kappa shape index (κ2) is 5.63. The molecule has 5 nitrogen and oxygen atoms in total. The molecule has 1 aliphatic rings. The molecule has 20 heavy (non-hydrogen) atoms. The SMILES string of the molecule is COCc1cccc(C(=O)N2CC[C@@](C)(C(=O)O)C2)c1. The highest BCUT2D eigenvalue weighted by Gasteiger charge is 2.42. The molecule has 5 heteroatoms. The molecule has 108 valence electrons. The molecule has 1 heterocycles. The normalized spacial score (nSPS) is 22.0. The van der Waals surface area contributed by atoms with Crippen molar-refractivity contribution in [3.8, 4) is 0 Å². The van der Waals surface area contributed by atoms with Crippen LogP contribution in [0.4, 0.5) is 0 Å². The minimum Gasteiger partial charge on any atom is -0.481 e. The lowest BCUT2D eigenvalue weighted by molar-refractivity contribution is -0.147. The number of benzene rings is 1. The van der Waals surface area contributed by atoms with Crippen LogP contribution >= 0.6 is 0 Å². The first-order chi connectivity index (χ1) is 9.46. The maximum atomic E-state index is 12.4. The molecule has 1 aliphatic heterocycles. The maximum absolute atomic E-state index is 12.4. The number of carbonyl (C=O) groups excluding carboxylic acids is 1. The molecule has 0 bridgehead atoms. The summed E-state index contributed by atoms with van der Waals surface area (Å²) in [5.74, 6) is -0.964. The summed E-state index contributed by atoms with van der Waals surface area (Å²) in [5.41, 5.74) is 0.674. The van der Waals surface area contributed by atoms with Crippen molar-refractivity contribution in [2.45, 2.75) is 20.0 Å². The molecule has 1 atom stereocenters. The Hall–Kier alpha value is -1.88. The van der Waals surface area contributed by atoms with Gasteiger partial charge in [-0.05, 0) is 31.0 Å². The second-order valence-electron chi connectivity index (χ2n) is 5.48. The predicted molar refractivity (Wildman–Crippen MR) is 73.4 cm³/mol. The van der Waals surface area contributed by atoms with Crippen LogP contribution in [0.25, 0.3) is 0 Å². The fourth-order valence-electron chi connectivity index (χ4n) is 2.45. The number of amides is 1. The van der Waals surface area contributed by atoms with Crippen LogP contribution in [0.3, 0.4) is 0 Å². The Morgan fingerprint density at radius 1 is 1.45 bits per heavy atom. The number of nitrogens with zero attached hydrogens (tertiary/aromatic N) is 1. The number of methoxy groups -OCH3 is 1. The van der Waals surface area contributed by atoms with E-state index in [2.05, 4.69) is 0 Å². The molecule has 1 fully saturated rings. The van der Waals surface area contributed by atoms with Gasteiger partial charge >= 0.3 is 5.97 Å². The fourth-order valence-corrected chi connectivity index (χ4v) is 2.45. The Morgan fingerprint density at radius 3 is 2.80 bits per heavy atom. The van der Waals surface area contributed by atoms with Gasteiger partial charge in [0.15, 0.2) is 0 Å². The summed E-state index contributed by atoms with van der Waals surface area (Å²) in [6.45, 7) is 2.88. The molecule has 0 radical (unpaired) electrons. The number of carbonyl (C=O) groups is 2. The number of ether oxygens (including phenoxy) is 1. The van der Waals surface area contributed by atoms with Gasteiger partial charge in [0.25, 0.3) is 5.91 Å². The van der Waals surface area contributed by atoms with Crippen molar-refractivity contribution in [2.75, 3.05) is 20.2 Å². The van der Waals surface area contributed by atoms with Gasteiger partial charge in [-0.3, -0.25) is 9.59 Å². The Labute approximate surface area is 118 Å². The molecule has 1 aromatic rings. The molecule has 1 N–H and O–H groups in total. The summed E-state index contributed by atoms with van der Waals surface area (Å²) in [7, 11) is 1.60. The highest BCUT2D eigenvalue weighted by atomic mass is 16.5. The lowest BCUT2D eigenvalue weighted by atomic mass is 9.90. The van der Waals surface area contributed by atoms with Crippen LogP contribution in [-0.2, 0) is 16.1 Å². The fraction of sp³-hybridized carbons (Fsp3) is 0.467. The van der Waals surface area contributed by atoms with Gasteiger partial charge in [-0.25, -0.2) is 0 Å². The van der Waals surface area contributed by atoms with Crippen molar-refractivity contribution in [1.82, 2.24) is 4.90 Å². The van der Waals surface area contributed by atoms with Gasteiger partial charge in [-0.1, -0.05) is 12.1 Å². The highest BCUT2D eigenvalue weighted by Crippen LogP contribution is 2.31. The van der Waals surface area contributed by atoms with E-state index in [1.165, 1.54) is 0 Å². The number of likely N-dealkylation sites (tertiary alicyclic amines) is 1. The molecule has 0 spiro atoms. The molecule has 0 unspecified atom stereocenters. The molecule has 0 aliphatic carbocycles. The zero-order valence-electron chi connectivity index (χ0n) is 11.8. The zero-order valence-corrected chi connectivity index (χ0v) is 11.8. The van der Waals surface area contributed by atoms with Gasteiger partial charge in [0.1, 0.15) is 0 Å². The van der Waals surface area contributed by atoms with Crippen LogP contribution in [-0.4, -0.2) is 42.1 Å². The summed E-state index contributed by atoms with van der Waals surface area (Å²) in [5, 5.41) is 9.20. The average Bonchev–Trinajstić information content (AvgIpc) is 2.83. The summed E-state index contributed by atoms with van der Waals surface area (Å²) in [6, 6.07) is 7.25. The number of carboxylic acid groups (broad SMARTS) is 1. The van der Waals surface area contributed by atoms with Crippen molar-refractivity contribution in [3.63, 3.8) is 0 Å². The van der Waals surface area contributed by atoms with E-state index in [0.29, 0.717) is 25.1 Å². The topological polar surface area (TPSA) is 66.8 Å². The van der Waals surface area contributed by atoms with E-state index >= 15 is 0 Å². The van der Waals surface area contributed by atoms with Gasteiger partial charge in [0, 0.05) is 25.8 Å². The smallest absolute Gasteiger partial charge is 0.311 e. The van der Waals surface area contributed by atoms with Crippen molar-refractivity contribution >= 4 is 11.9 Å². The van der Waals surface area contributed by atoms with Gasteiger partial charge in [0.2, 0.25) is 0 Å². The first-order valence-electron chi connectivity index (χ1n) is 6.57. The Bertz CT molecular complexity index is 528. The van der Waals surface area contributed by atoms with Crippen LogP contribution in [0.15, 0.2) is 24.3 Å². The minimum atomic E-state index is -0.846. The van der Waals surface area contributed by atoms with Crippen LogP contribution in [0.1, 0.15) is 29.3 Å². The first-order valence-corrected chi connectivity index (χ1v) is 6.57. The van der Waals surface area contributed by atoms with E-state index in [0.717, 1.165) is 5.56 Å². The Balaban J connectivity index is 2.13. The van der Waals surface area contributed by atoms with Crippen molar-refractivity contribution < 1.29 is 19.4 Å². The highest BCUT2D eigenvalue weighted by molar-refractivity contribution is 5.95. The third-order valence-corrected chi connectivity index (χ3v) is 3.76. The number of rotatable bonds is 4. The molecule has 0 aromatic heterocycles. The largest absolute Gasteiger partial charge is 0.481 e. The van der Waals surface area contributed by atoms with Crippen molar-refractivity contribution in [2.24, 2.45) is 5.41 Å². The number of aliphatic carboxylic acids is 1. The number of carboxylic acids is 1. The molecule has 0 saturated carbocycles. The summed E-state index contributed by atoms with van der Waals surface area (Å²) >= 11 is 0. The lowest BCUT2D eigenvalue weighted by Gasteiger charge is -2.20. The van der Waals surface area contributed by atoms with E-state index in [9.17, 15) is 14.7 Å². The van der Waals surface area contributed by atoms with Crippen LogP contribution in [0, 0.1) is 5.41 Å². The van der Waals surface area contributed by atoms with Crippen LogP contribution in [0.5, 0.6) is 0 Å². The van der Waals surface area contributed by atoms with Gasteiger partial charge in [-0.15, -0.1) is 0 Å². The zero-order chi connectivity index (χ0) is 14.8. The van der Waals surface area contributed by atoms with Crippen molar-refractivity contribution in [1.29, 1.82) is 0 Å². The molecule has 1 saturated heterocycles. The third-order valence-electron chi connectivity index (χ3n) is 3.76. The summed E-state index contributed by atoms with van der Waals surface area (Å²) < 4.78 is 5.05. The first kappa shape index (κ1) is 14.5. The van der Waals surface area contributed by atoms with E-state index in [1.54, 1.807) is 31.1 Å². The van der Waals surface area contributed by atoms with E-state index in [4.69, 9.17) is 4.74 Å². The average molecular weight is 277 g/mol. The quantitative estimate of drug-likeness (QED) is 0.910. The van der Waals surface area contributed by atoms with Crippen LogP contribution in [0.2, 0.25) is 0 Å². The monoisotopic (exact) mass is 277 g/mol. The van der Waals surface area contributed by atoms with E-state index in [1.807, 2.05) is 12.1 Å².